The van der Waals surface area contributed by atoms with Crippen LogP contribution in [0.1, 0.15) is 21.5 Å². The van der Waals surface area contributed by atoms with Crippen LogP contribution in [-0.4, -0.2) is 18.9 Å². The third-order valence-corrected chi connectivity index (χ3v) is 4.32. The van der Waals surface area contributed by atoms with Gasteiger partial charge >= 0.3 is 0 Å². The molecule has 23 heavy (non-hydrogen) atoms. The van der Waals surface area contributed by atoms with Crippen molar-refractivity contribution in [1.82, 2.24) is 4.57 Å². The molecule has 0 aliphatic heterocycles. The zero-order valence-electron chi connectivity index (χ0n) is 11.8. The molecular formula is C14H13Cl2N3O3S. The molecular weight excluding hydrogens is 361 g/mol. The van der Waals surface area contributed by atoms with Gasteiger partial charge in [-0.2, -0.15) is 0 Å². The number of rotatable bonds is 5. The molecule has 0 atom stereocenters. The first-order valence-electron chi connectivity index (χ1n) is 6.41. The topological polar surface area (TPSA) is 106 Å². The number of carbonyl (C=O) groups is 1. The molecule has 0 radical (unpaired) electrons. The Morgan fingerprint density at radius 3 is 2.52 bits per heavy atom. The van der Waals surface area contributed by atoms with Crippen molar-refractivity contribution in [3.63, 3.8) is 0 Å². The lowest BCUT2D eigenvalue weighted by molar-refractivity contribution is 0.0997. The Hall–Kier alpha value is -1.83. The predicted octanol–water partition coefficient (Wildman–Crippen LogP) is 1.53. The molecule has 1 amide bonds. The van der Waals surface area contributed by atoms with Crippen molar-refractivity contribution in [2.45, 2.75) is 12.3 Å². The minimum Gasteiger partial charge on any atom is -0.365 e. The third-order valence-electron chi connectivity index (χ3n) is 3.14. The summed E-state index contributed by atoms with van der Waals surface area (Å²) >= 11 is 12.1. The van der Waals surface area contributed by atoms with E-state index in [4.69, 9.17) is 34.3 Å². The second kappa shape index (κ2) is 7.16. The number of halogens is 2. The van der Waals surface area contributed by atoms with E-state index in [0.29, 0.717) is 16.1 Å². The van der Waals surface area contributed by atoms with Crippen molar-refractivity contribution < 1.29 is 13.2 Å². The van der Waals surface area contributed by atoms with Gasteiger partial charge in [0.1, 0.15) is 16.2 Å². The number of nitrogens with two attached hydrogens (primary N) is 1. The normalized spacial score (nSPS) is 10.9. The summed E-state index contributed by atoms with van der Waals surface area (Å²) in [6, 6.07) is 6.22. The minimum atomic E-state index is -2.53. The van der Waals surface area contributed by atoms with Crippen LogP contribution in [0.3, 0.4) is 0 Å². The maximum atomic E-state index is 11.3. The molecule has 0 aliphatic carbocycles. The number of benzene rings is 1. The molecule has 0 aliphatic rings. The van der Waals surface area contributed by atoms with Gasteiger partial charge in [-0.3, -0.25) is 10.2 Å². The van der Waals surface area contributed by atoms with E-state index >= 15 is 0 Å². The SMILES string of the molecule is N=c1c(C(N)=O)cc(Cl)cn1Cc1ccc(C[SH](=O)=O)cc1Cl. The van der Waals surface area contributed by atoms with Crippen molar-refractivity contribution in [2.24, 2.45) is 5.73 Å². The number of hydrogen-bond donors (Lipinski definition) is 3. The minimum absolute atomic E-state index is 0.00796. The van der Waals surface area contributed by atoms with Gasteiger partial charge in [-0.1, -0.05) is 35.3 Å². The van der Waals surface area contributed by atoms with E-state index in [1.54, 1.807) is 18.2 Å². The van der Waals surface area contributed by atoms with Crippen molar-refractivity contribution in [1.29, 1.82) is 5.41 Å². The van der Waals surface area contributed by atoms with E-state index in [9.17, 15) is 13.2 Å². The molecule has 1 heterocycles. The Labute approximate surface area is 143 Å². The standard InChI is InChI=1S/C14H13Cl2N3O3S/c15-10-4-11(14(18)20)13(17)19(6-10)5-9-2-1-8(3-12(9)16)7-23(21)22/h1-4,6,17,23H,5,7H2,(H2,18,20). The average Bonchev–Trinajstić information content (AvgIpc) is 2.44. The van der Waals surface area contributed by atoms with Crippen LogP contribution < -0.4 is 11.2 Å². The Morgan fingerprint density at radius 1 is 1.26 bits per heavy atom. The fourth-order valence-corrected chi connectivity index (χ4v) is 3.06. The second-order valence-electron chi connectivity index (χ2n) is 4.83. The van der Waals surface area contributed by atoms with Gasteiger partial charge in [0.25, 0.3) is 5.91 Å². The first kappa shape index (κ1) is 17.5. The first-order chi connectivity index (χ1) is 10.8. The van der Waals surface area contributed by atoms with Crippen LogP contribution in [-0.2, 0) is 23.0 Å². The van der Waals surface area contributed by atoms with Crippen molar-refractivity contribution in [3.8, 4) is 0 Å². The number of nitrogens with zero attached hydrogens (tertiary/aromatic N) is 1. The summed E-state index contributed by atoms with van der Waals surface area (Å²) in [6.45, 7) is 0.197. The maximum Gasteiger partial charge on any atom is 0.252 e. The number of thiol groups is 1. The van der Waals surface area contributed by atoms with Gasteiger partial charge in [0, 0.05) is 11.2 Å². The number of amides is 1. The summed E-state index contributed by atoms with van der Waals surface area (Å²) in [5.74, 6) is -0.832. The lowest BCUT2D eigenvalue weighted by Gasteiger charge is -2.12. The summed E-state index contributed by atoms with van der Waals surface area (Å²) in [5.41, 5.74) is 6.39. The number of hydrogen-bond acceptors (Lipinski definition) is 4. The molecule has 122 valence electrons. The molecule has 9 heteroatoms. The molecule has 0 fully saturated rings. The van der Waals surface area contributed by atoms with Crippen molar-refractivity contribution in [2.75, 3.05) is 0 Å². The van der Waals surface area contributed by atoms with Gasteiger partial charge < -0.3 is 10.3 Å². The van der Waals surface area contributed by atoms with Gasteiger partial charge in [-0.25, -0.2) is 8.42 Å². The highest BCUT2D eigenvalue weighted by Crippen LogP contribution is 2.20. The van der Waals surface area contributed by atoms with Crippen molar-refractivity contribution in [3.05, 3.63) is 62.7 Å². The molecule has 1 aromatic heterocycles. The Bertz CT molecular complexity index is 899. The fraction of sp³-hybridized carbons (Fsp3) is 0.143. The van der Waals surface area contributed by atoms with Crippen LogP contribution in [0.5, 0.6) is 0 Å². The molecule has 0 saturated carbocycles. The zero-order valence-corrected chi connectivity index (χ0v) is 14.2. The number of pyridine rings is 1. The predicted molar refractivity (Wildman–Crippen MR) is 88.4 cm³/mol. The van der Waals surface area contributed by atoms with Crippen molar-refractivity contribution >= 4 is 39.8 Å². The third kappa shape index (κ3) is 4.34. The second-order valence-corrected chi connectivity index (χ2v) is 6.65. The first-order valence-corrected chi connectivity index (χ1v) is 8.53. The highest BCUT2D eigenvalue weighted by molar-refractivity contribution is 7.71. The number of primary amides is 1. The Morgan fingerprint density at radius 2 is 1.96 bits per heavy atom. The van der Waals surface area contributed by atoms with Gasteiger partial charge in [-0.15, -0.1) is 0 Å². The molecule has 0 unspecified atom stereocenters. The summed E-state index contributed by atoms with van der Waals surface area (Å²) in [6.07, 6.45) is 1.50. The molecule has 3 N–H and O–H groups in total. The zero-order chi connectivity index (χ0) is 17.1. The summed E-state index contributed by atoms with van der Waals surface area (Å²) in [7, 11) is -2.53. The van der Waals surface area contributed by atoms with E-state index in [2.05, 4.69) is 0 Å². The molecule has 0 spiro atoms. The quantitative estimate of drug-likeness (QED) is 0.691. The molecule has 2 aromatic rings. The molecule has 0 bridgehead atoms. The molecule has 6 nitrogen and oxygen atoms in total. The summed E-state index contributed by atoms with van der Waals surface area (Å²) in [5, 5.41) is 8.65. The molecule has 1 aromatic carbocycles. The highest BCUT2D eigenvalue weighted by atomic mass is 35.5. The van der Waals surface area contributed by atoms with E-state index in [1.165, 1.54) is 16.8 Å². The van der Waals surface area contributed by atoms with Crippen LogP contribution in [0.4, 0.5) is 0 Å². The van der Waals surface area contributed by atoms with Crippen LogP contribution in [0.25, 0.3) is 0 Å². The number of nitrogens with one attached hydrogen (secondary N) is 1. The fourth-order valence-electron chi connectivity index (χ4n) is 2.07. The van der Waals surface area contributed by atoms with E-state index in [1.807, 2.05) is 0 Å². The smallest absolute Gasteiger partial charge is 0.252 e. The van der Waals surface area contributed by atoms with Crippen LogP contribution in [0.15, 0.2) is 30.5 Å². The Balaban J connectivity index is 2.40. The number of carbonyl (C=O) groups excluding carboxylic acids is 1. The van der Waals surface area contributed by atoms with Gasteiger partial charge in [0.15, 0.2) is 0 Å². The van der Waals surface area contributed by atoms with E-state index < -0.39 is 16.6 Å². The number of aromatic nitrogens is 1. The largest absolute Gasteiger partial charge is 0.365 e. The molecule has 2 rings (SSSR count). The summed E-state index contributed by atoms with van der Waals surface area (Å²) in [4.78, 5) is 11.3. The Kier molecular flexibility index (Phi) is 5.46. The van der Waals surface area contributed by atoms with Gasteiger partial charge in [0.2, 0.25) is 0 Å². The monoisotopic (exact) mass is 373 g/mol. The average molecular weight is 374 g/mol. The maximum absolute atomic E-state index is 11.3. The lowest BCUT2D eigenvalue weighted by atomic mass is 10.1. The van der Waals surface area contributed by atoms with Crippen LogP contribution in [0.2, 0.25) is 10.0 Å². The van der Waals surface area contributed by atoms with E-state index in [0.717, 1.165) is 0 Å². The van der Waals surface area contributed by atoms with Gasteiger partial charge in [0.05, 0.1) is 22.9 Å². The highest BCUT2D eigenvalue weighted by Gasteiger charge is 2.10. The van der Waals surface area contributed by atoms with Gasteiger partial charge in [-0.05, 0) is 23.3 Å². The van der Waals surface area contributed by atoms with Crippen LogP contribution in [0, 0.1) is 5.41 Å². The molecule has 0 saturated heterocycles. The summed E-state index contributed by atoms with van der Waals surface area (Å²) < 4.78 is 22.9. The van der Waals surface area contributed by atoms with Crippen LogP contribution >= 0.6 is 23.2 Å². The lowest BCUT2D eigenvalue weighted by Crippen LogP contribution is -2.29. The van der Waals surface area contributed by atoms with E-state index in [-0.39, 0.29) is 28.4 Å².